The van der Waals surface area contributed by atoms with E-state index in [0.29, 0.717) is 5.16 Å². The minimum atomic E-state index is -2.88. The molecule has 2 N–H and O–H groups in total. The van der Waals surface area contributed by atoms with Crippen LogP contribution in [0, 0.1) is 0 Å². The number of amides is 1. The maximum Gasteiger partial charge on any atom is 0.387 e. The van der Waals surface area contributed by atoms with Gasteiger partial charge in [0.05, 0.1) is 11.8 Å². The zero-order chi connectivity index (χ0) is 19.1. The number of hydrogen-bond donors (Lipinski definition) is 2. The van der Waals surface area contributed by atoms with E-state index in [9.17, 15) is 13.6 Å². The molecule has 3 aromatic rings. The Morgan fingerprint density at radius 1 is 1.11 bits per heavy atom. The number of alkyl halides is 2. The Hall–Kier alpha value is -2.94. The number of carbonyl (C=O) groups excluding carboxylic acids is 1. The van der Waals surface area contributed by atoms with Crippen molar-refractivity contribution >= 4 is 17.7 Å². The van der Waals surface area contributed by atoms with Crippen LogP contribution in [-0.4, -0.2) is 33.5 Å². The second-order valence-electron chi connectivity index (χ2n) is 5.44. The molecule has 27 heavy (non-hydrogen) atoms. The van der Waals surface area contributed by atoms with Crippen LogP contribution in [0.4, 0.5) is 8.78 Å². The lowest BCUT2D eigenvalue weighted by atomic mass is 9.98. The molecule has 9 heteroatoms. The molecular formula is C18H16F2N4O2S. The Morgan fingerprint density at radius 2 is 1.81 bits per heavy atom. The van der Waals surface area contributed by atoms with Crippen molar-refractivity contribution in [3.05, 3.63) is 72.1 Å². The predicted octanol–water partition coefficient (Wildman–Crippen LogP) is 3.40. The third kappa shape index (κ3) is 5.52. The first-order valence-electron chi connectivity index (χ1n) is 7.99. The predicted molar refractivity (Wildman–Crippen MR) is 96.6 cm³/mol. The van der Waals surface area contributed by atoms with Gasteiger partial charge in [-0.1, -0.05) is 54.2 Å². The van der Waals surface area contributed by atoms with Crippen molar-refractivity contribution in [2.75, 3.05) is 5.75 Å². The number of nitrogens with one attached hydrogen (secondary N) is 2. The van der Waals surface area contributed by atoms with Crippen LogP contribution in [-0.2, 0) is 4.79 Å². The zero-order valence-electron chi connectivity index (χ0n) is 14.0. The van der Waals surface area contributed by atoms with Crippen LogP contribution in [0.15, 0.2) is 66.1 Å². The van der Waals surface area contributed by atoms with Crippen molar-refractivity contribution in [2.45, 2.75) is 17.8 Å². The number of aromatic amines is 1. The van der Waals surface area contributed by atoms with Crippen molar-refractivity contribution in [1.82, 2.24) is 20.5 Å². The lowest BCUT2D eigenvalue weighted by molar-refractivity contribution is -0.119. The minimum Gasteiger partial charge on any atom is -0.435 e. The Kier molecular flexibility index (Phi) is 6.37. The molecule has 1 heterocycles. The number of benzene rings is 2. The standard InChI is InChI=1S/C18H16F2N4O2S/c19-17(20)26-14-8-6-13(7-9-14)16(12-4-2-1-3-5-12)23-15(25)10-27-18-21-11-22-24-18/h1-9,11,16-17H,10H2,(H,23,25)(H,21,22,24)/t16-/m1/s1. The monoisotopic (exact) mass is 390 g/mol. The third-order valence-corrected chi connectivity index (χ3v) is 4.49. The number of hydrogen-bond acceptors (Lipinski definition) is 5. The van der Waals surface area contributed by atoms with E-state index in [1.807, 2.05) is 30.3 Å². The van der Waals surface area contributed by atoms with Crippen molar-refractivity contribution in [1.29, 1.82) is 0 Å². The van der Waals surface area contributed by atoms with Gasteiger partial charge in [0.15, 0.2) is 5.16 Å². The molecule has 2 aromatic carbocycles. The van der Waals surface area contributed by atoms with Crippen LogP contribution in [0.25, 0.3) is 0 Å². The van der Waals surface area contributed by atoms with E-state index in [1.165, 1.54) is 30.2 Å². The van der Waals surface area contributed by atoms with Gasteiger partial charge >= 0.3 is 6.61 Å². The molecule has 0 aliphatic carbocycles. The van der Waals surface area contributed by atoms with Crippen molar-refractivity contribution in [3.8, 4) is 5.75 Å². The highest BCUT2D eigenvalue weighted by molar-refractivity contribution is 7.99. The highest BCUT2D eigenvalue weighted by Crippen LogP contribution is 2.25. The molecule has 1 atom stereocenters. The minimum absolute atomic E-state index is 0.0627. The summed E-state index contributed by atoms with van der Waals surface area (Å²) < 4.78 is 29.0. The van der Waals surface area contributed by atoms with Crippen molar-refractivity contribution < 1.29 is 18.3 Å². The Balaban J connectivity index is 1.74. The molecule has 0 fully saturated rings. The molecule has 0 aliphatic rings. The van der Waals surface area contributed by atoms with Gasteiger partial charge in [0, 0.05) is 0 Å². The lowest BCUT2D eigenvalue weighted by Crippen LogP contribution is -2.30. The molecule has 3 rings (SSSR count). The summed E-state index contributed by atoms with van der Waals surface area (Å²) in [6, 6.07) is 15.2. The summed E-state index contributed by atoms with van der Waals surface area (Å²) in [5.74, 6) is 0.0244. The van der Waals surface area contributed by atoms with Gasteiger partial charge < -0.3 is 10.1 Å². The summed E-state index contributed by atoms with van der Waals surface area (Å²) in [4.78, 5) is 16.3. The molecule has 0 saturated carbocycles. The van der Waals surface area contributed by atoms with Gasteiger partial charge in [-0.05, 0) is 23.3 Å². The second-order valence-corrected chi connectivity index (χ2v) is 6.40. The van der Waals surface area contributed by atoms with E-state index in [1.54, 1.807) is 12.1 Å². The Bertz CT molecular complexity index is 846. The summed E-state index contributed by atoms with van der Waals surface area (Å²) >= 11 is 1.23. The average Bonchev–Trinajstić information content (AvgIpc) is 3.19. The molecule has 0 spiro atoms. The van der Waals surface area contributed by atoms with Gasteiger partial charge in [0.25, 0.3) is 0 Å². The van der Waals surface area contributed by atoms with Gasteiger partial charge in [-0.15, -0.1) is 0 Å². The number of H-pyrrole nitrogens is 1. The lowest BCUT2D eigenvalue weighted by Gasteiger charge is -2.20. The van der Waals surface area contributed by atoms with E-state index in [2.05, 4.69) is 25.2 Å². The largest absolute Gasteiger partial charge is 0.435 e. The topological polar surface area (TPSA) is 79.9 Å². The molecule has 140 valence electrons. The van der Waals surface area contributed by atoms with Gasteiger partial charge in [-0.25, -0.2) is 4.98 Å². The number of aromatic nitrogens is 3. The first-order valence-corrected chi connectivity index (χ1v) is 8.97. The van der Waals surface area contributed by atoms with E-state index >= 15 is 0 Å². The summed E-state index contributed by atoms with van der Waals surface area (Å²) in [6.45, 7) is -2.88. The first kappa shape index (κ1) is 18.8. The van der Waals surface area contributed by atoms with Gasteiger partial charge in [-0.3, -0.25) is 9.89 Å². The maximum absolute atomic E-state index is 12.4. The summed E-state index contributed by atoms with van der Waals surface area (Å²) in [7, 11) is 0. The number of rotatable bonds is 8. The number of halogens is 2. The average molecular weight is 390 g/mol. The SMILES string of the molecule is O=C(CSc1ncn[nH]1)N[C@H](c1ccccc1)c1ccc(OC(F)F)cc1. The highest BCUT2D eigenvalue weighted by atomic mass is 32.2. The van der Waals surface area contributed by atoms with E-state index in [4.69, 9.17) is 0 Å². The van der Waals surface area contributed by atoms with E-state index < -0.39 is 12.7 Å². The van der Waals surface area contributed by atoms with Crippen LogP contribution in [0.2, 0.25) is 0 Å². The van der Waals surface area contributed by atoms with Crippen LogP contribution >= 0.6 is 11.8 Å². The van der Waals surface area contributed by atoms with E-state index in [0.717, 1.165) is 11.1 Å². The summed E-state index contributed by atoms with van der Waals surface area (Å²) in [6.07, 6.45) is 1.37. The fraction of sp³-hybridized carbons (Fsp3) is 0.167. The van der Waals surface area contributed by atoms with Gasteiger partial charge in [-0.2, -0.15) is 13.9 Å². The van der Waals surface area contributed by atoms with Crippen LogP contribution in [0.1, 0.15) is 17.2 Å². The molecule has 1 amide bonds. The van der Waals surface area contributed by atoms with Crippen LogP contribution < -0.4 is 10.1 Å². The number of nitrogens with zero attached hydrogens (tertiary/aromatic N) is 2. The van der Waals surface area contributed by atoms with Gasteiger partial charge in [0.2, 0.25) is 5.91 Å². The fourth-order valence-corrected chi connectivity index (χ4v) is 3.04. The second kappa shape index (κ2) is 9.13. The summed E-state index contributed by atoms with van der Waals surface area (Å²) in [5.41, 5.74) is 1.62. The molecule has 0 saturated heterocycles. The number of carbonyl (C=O) groups is 1. The van der Waals surface area contributed by atoms with Crippen molar-refractivity contribution in [2.24, 2.45) is 0 Å². The smallest absolute Gasteiger partial charge is 0.387 e. The molecule has 0 radical (unpaired) electrons. The third-order valence-electron chi connectivity index (χ3n) is 3.61. The zero-order valence-corrected chi connectivity index (χ0v) is 14.8. The summed E-state index contributed by atoms with van der Waals surface area (Å²) in [5, 5.41) is 9.92. The van der Waals surface area contributed by atoms with Crippen LogP contribution in [0.5, 0.6) is 5.75 Å². The molecule has 0 aliphatic heterocycles. The fourth-order valence-electron chi connectivity index (χ4n) is 2.45. The number of ether oxygens (including phenoxy) is 1. The van der Waals surface area contributed by atoms with Gasteiger partial charge in [0.1, 0.15) is 12.1 Å². The molecule has 6 nitrogen and oxygen atoms in total. The molecule has 0 bridgehead atoms. The van der Waals surface area contributed by atoms with Crippen molar-refractivity contribution in [3.63, 3.8) is 0 Å². The first-order chi connectivity index (χ1) is 13.1. The normalized spacial score (nSPS) is 12.0. The maximum atomic E-state index is 12.4. The number of thioether (sulfide) groups is 1. The van der Waals surface area contributed by atoms with E-state index in [-0.39, 0.29) is 17.4 Å². The Labute approximate surface area is 158 Å². The highest BCUT2D eigenvalue weighted by Gasteiger charge is 2.17. The molecule has 1 aromatic heterocycles. The quantitative estimate of drug-likeness (QED) is 0.576. The Morgan fingerprint density at radius 3 is 2.44 bits per heavy atom. The molecule has 0 unspecified atom stereocenters. The van der Waals surface area contributed by atoms with Crippen LogP contribution in [0.3, 0.4) is 0 Å². The molecular weight excluding hydrogens is 374 g/mol.